The van der Waals surface area contributed by atoms with E-state index in [9.17, 15) is 4.79 Å². The number of amides is 1. The topological polar surface area (TPSA) is 32.3 Å². The van der Waals surface area contributed by atoms with Gasteiger partial charge >= 0.3 is 0 Å². The predicted molar refractivity (Wildman–Crippen MR) is 86.1 cm³/mol. The Balaban J connectivity index is 1.81. The molecule has 0 aromatic heterocycles. The normalized spacial score (nSPS) is 15.8. The molecule has 0 atom stereocenters. The summed E-state index contributed by atoms with van der Waals surface area (Å²) >= 11 is 3.48. The lowest BCUT2D eigenvalue weighted by Gasteiger charge is -2.24. The van der Waals surface area contributed by atoms with Crippen LogP contribution in [-0.4, -0.2) is 37.0 Å². The smallest absolute Gasteiger partial charge is 0.252 e. The van der Waals surface area contributed by atoms with Gasteiger partial charge in [-0.3, -0.25) is 4.79 Å². The third-order valence-corrected chi connectivity index (χ3v) is 5.19. The fourth-order valence-electron chi connectivity index (χ4n) is 2.79. The van der Waals surface area contributed by atoms with Gasteiger partial charge in [0.2, 0.25) is 0 Å². The Bertz CT molecular complexity index is 470. The first kappa shape index (κ1) is 15.5. The second kappa shape index (κ2) is 7.23. The van der Waals surface area contributed by atoms with Crippen molar-refractivity contribution in [2.45, 2.75) is 38.6 Å². The zero-order valence-corrected chi connectivity index (χ0v) is 13.9. The van der Waals surface area contributed by atoms with E-state index in [-0.39, 0.29) is 5.91 Å². The van der Waals surface area contributed by atoms with Crippen LogP contribution in [0.2, 0.25) is 0 Å². The molecule has 1 aromatic rings. The number of carbonyl (C=O) groups excluding carboxylic acids is 1. The summed E-state index contributed by atoms with van der Waals surface area (Å²) in [6, 6.07) is 6.47. The summed E-state index contributed by atoms with van der Waals surface area (Å²) in [6.45, 7) is 3.61. The second-order valence-corrected chi connectivity index (χ2v) is 6.40. The molecule has 0 heterocycles. The van der Waals surface area contributed by atoms with Crippen molar-refractivity contribution >= 4 is 21.8 Å². The molecule has 1 fully saturated rings. The zero-order chi connectivity index (χ0) is 14.5. The first-order valence-electron chi connectivity index (χ1n) is 7.33. The van der Waals surface area contributed by atoms with Gasteiger partial charge in [-0.25, -0.2) is 0 Å². The van der Waals surface area contributed by atoms with E-state index in [0.29, 0.717) is 18.2 Å². The number of hydrogen-bond acceptors (Lipinski definition) is 2. The molecule has 0 saturated heterocycles. The minimum Gasteiger partial charge on any atom is -0.351 e. The summed E-state index contributed by atoms with van der Waals surface area (Å²) < 4.78 is 0.890. The first-order chi connectivity index (χ1) is 9.59. The fourth-order valence-corrected chi connectivity index (χ4v) is 3.24. The molecular weight excluding hydrogens is 316 g/mol. The monoisotopic (exact) mass is 338 g/mol. The van der Waals surface area contributed by atoms with E-state index in [4.69, 9.17) is 0 Å². The van der Waals surface area contributed by atoms with Crippen molar-refractivity contribution in [2.75, 3.05) is 20.1 Å². The summed E-state index contributed by atoms with van der Waals surface area (Å²) in [5.74, 6) is 0.000368. The third kappa shape index (κ3) is 3.83. The number of rotatable bonds is 5. The molecule has 0 aliphatic heterocycles. The zero-order valence-electron chi connectivity index (χ0n) is 12.3. The molecule has 0 radical (unpaired) electrons. The Hall–Kier alpha value is -0.870. The van der Waals surface area contributed by atoms with Gasteiger partial charge in [0.1, 0.15) is 0 Å². The Morgan fingerprint density at radius 1 is 1.40 bits per heavy atom. The lowest BCUT2D eigenvalue weighted by molar-refractivity contribution is 0.0946. The van der Waals surface area contributed by atoms with E-state index in [1.54, 1.807) is 0 Å². The summed E-state index contributed by atoms with van der Waals surface area (Å²) in [5.41, 5.74) is 1.80. The molecule has 0 spiro atoms. The van der Waals surface area contributed by atoms with Gasteiger partial charge in [0.05, 0.1) is 5.56 Å². The molecule has 1 aliphatic carbocycles. The van der Waals surface area contributed by atoms with Crippen LogP contribution in [-0.2, 0) is 0 Å². The Morgan fingerprint density at radius 3 is 2.80 bits per heavy atom. The van der Waals surface area contributed by atoms with Crippen LogP contribution >= 0.6 is 15.9 Å². The fraction of sp³-hybridized carbons (Fsp3) is 0.562. The molecule has 1 amide bonds. The molecule has 2 rings (SSSR count). The van der Waals surface area contributed by atoms with Gasteiger partial charge in [-0.2, -0.15) is 0 Å². The van der Waals surface area contributed by atoms with Gasteiger partial charge in [-0.05, 0) is 54.4 Å². The van der Waals surface area contributed by atoms with Gasteiger partial charge in [-0.1, -0.05) is 25.0 Å². The average Bonchev–Trinajstić information content (AvgIpc) is 2.95. The van der Waals surface area contributed by atoms with Crippen molar-refractivity contribution in [2.24, 2.45) is 0 Å². The quantitative estimate of drug-likeness (QED) is 0.892. The Morgan fingerprint density at radius 2 is 2.10 bits per heavy atom. The van der Waals surface area contributed by atoms with E-state index in [0.717, 1.165) is 16.6 Å². The third-order valence-electron chi connectivity index (χ3n) is 4.13. The van der Waals surface area contributed by atoms with Gasteiger partial charge in [0.15, 0.2) is 0 Å². The minimum absolute atomic E-state index is 0.000368. The van der Waals surface area contributed by atoms with Crippen molar-refractivity contribution in [3.8, 4) is 0 Å². The summed E-state index contributed by atoms with van der Waals surface area (Å²) in [6.07, 6.45) is 5.29. The number of aryl methyl sites for hydroxylation is 1. The largest absolute Gasteiger partial charge is 0.351 e. The number of carbonyl (C=O) groups is 1. The van der Waals surface area contributed by atoms with Crippen LogP contribution in [0.3, 0.4) is 0 Å². The van der Waals surface area contributed by atoms with Crippen LogP contribution in [0.1, 0.15) is 41.6 Å². The van der Waals surface area contributed by atoms with Crippen LogP contribution in [0, 0.1) is 6.92 Å². The highest BCUT2D eigenvalue weighted by Gasteiger charge is 2.19. The standard InChI is InChI=1S/C16H23BrN2O/c1-12-6-5-9-14(15(12)17)16(20)18-10-11-19(2)13-7-3-4-8-13/h5-6,9,13H,3-4,7-8,10-11H2,1-2H3,(H,18,20). The van der Waals surface area contributed by atoms with Crippen LogP contribution in [0.15, 0.2) is 22.7 Å². The molecule has 1 aromatic carbocycles. The lowest BCUT2D eigenvalue weighted by atomic mass is 10.1. The molecule has 20 heavy (non-hydrogen) atoms. The number of likely N-dealkylation sites (N-methyl/N-ethyl adjacent to an activating group) is 1. The molecular formula is C16H23BrN2O. The van der Waals surface area contributed by atoms with Crippen LogP contribution in [0.5, 0.6) is 0 Å². The predicted octanol–water partition coefficient (Wildman–Crippen LogP) is 3.36. The number of hydrogen-bond donors (Lipinski definition) is 1. The highest BCUT2D eigenvalue weighted by atomic mass is 79.9. The van der Waals surface area contributed by atoms with Crippen molar-refractivity contribution in [1.29, 1.82) is 0 Å². The number of nitrogens with one attached hydrogen (secondary N) is 1. The van der Waals surface area contributed by atoms with Gasteiger partial charge in [0.25, 0.3) is 5.91 Å². The Kier molecular flexibility index (Phi) is 5.61. The molecule has 4 heteroatoms. The number of halogens is 1. The highest BCUT2D eigenvalue weighted by Crippen LogP contribution is 2.22. The summed E-state index contributed by atoms with van der Waals surface area (Å²) in [4.78, 5) is 14.5. The molecule has 0 unspecified atom stereocenters. The van der Waals surface area contributed by atoms with Crippen molar-refractivity contribution in [3.63, 3.8) is 0 Å². The Labute approximate surface area is 129 Å². The van der Waals surface area contributed by atoms with Gasteiger partial charge in [-0.15, -0.1) is 0 Å². The first-order valence-corrected chi connectivity index (χ1v) is 8.12. The van der Waals surface area contributed by atoms with E-state index < -0.39 is 0 Å². The van der Waals surface area contributed by atoms with E-state index >= 15 is 0 Å². The molecule has 1 saturated carbocycles. The highest BCUT2D eigenvalue weighted by molar-refractivity contribution is 9.10. The second-order valence-electron chi connectivity index (χ2n) is 5.61. The molecule has 1 N–H and O–H groups in total. The minimum atomic E-state index is 0.000368. The molecule has 0 bridgehead atoms. The van der Waals surface area contributed by atoms with Crippen LogP contribution in [0.25, 0.3) is 0 Å². The average molecular weight is 339 g/mol. The lowest BCUT2D eigenvalue weighted by Crippen LogP contribution is -2.37. The van der Waals surface area contributed by atoms with Gasteiger partial charge in [0, 0.05) is 23.6 Å². The summed E-state index contributed by atoms with van der Waals surface area (Å²) in [5, 5.41) is 3.01. The van der Waals surface area contributed by atoms with Crippen molar-refractivity contribution in [1.82, 2.24) is 10.2 Å². The van der Waals surface area contributed by atoms with E-state index in [1.165, 1.54) is 25.7 Å². The molecule has 110 valence electrons. The van der Waals surface area contributed by atoms with Crippen LogP contribution in [0.4, 0.5) is 0 Å². The number of benzene rings is 1. The maximum Gasteiger partial charge on any atom is 0.252 e. The van der Waals surface area contributed by atoms with Crippen LogP contribution < -0.4 is 5.32 Å². The SMILES string of the molecule is Cc1cccc(C(=O)NCCN(C)C2CCCC2)c1Br. The van der Waals surface area contributed by atoms with Gasteiger partial charge < -0.3 is 10.2 Å². The van der Waals surface area contributed by atoms with Crippen molar-refractivity contribution in [3.05, 3.63) is 33.8 Å². The van der Waals surface area contributed by atoms with E-state index in [2.05, 4.69) is 33.2 Å². The molecule has 1 aliphatic rings. The molecule has 3 nitrogen and oxygen atoms in total. The van der Waals surface area contributed by atoms with E-state index in [1.807, 2.05) is 25.1 Å². The number of nitrogens with zero attached hydrogens (tertiary/aromatic N) is 1. The maximum absolute atomic E-state index is 12.2. The summed E-state index contributed by atoms with van der Waals surface area (Å²) in [7, 11) is 2.16. The maximum atomic E-state index is 12.2. The van der Waals surface area contributed by atoms with Crippen molar-refractivity contribution < 1.29 is 4.79 Å².